The Hall–Kier alpha value is -2.30. The fourth-order valence-electron chi connectivity index (χ4n) is 10.3. The first-order valence-corrected chi connectivity index (χ1v) is 14.8. The summed E-state index contributed by atoms with van der Waals surface area (Å²) in [6.07, 6.45) is 2.22. The molecule has 8 heteroatoms. The lowest BCUT2D eigenvalue weighted by molar-refractivity contribution is -0.181. The van der Waals surface area contributed by atoms with Gasteiger partial charge in [-0.3, -0.25) is 9.59 Å². The Labute approximate surface area is 235 Å². The van der Waals surface area contributed by atoms with E-state index in [4.69, 9.17) is 0 Å². The summed E-state index contributed by atoms with van der Waals surface area (Å²) in [6, 6.07) is 2.21. The lowest BCUT2D eigenvalue weighted by Crippen LogP contribution is -2.66. The summed E-state index contributed by atoms with van der Waals surface area (Å²) < 4.78 is 39.4. The van der Waals surface area contributed by atoms with Gasteiger partial charge in [0.1, 0.15) is 12.3 Å². The molecule has 5 aliphatic rings. The highest BCUT2D eigenvalue weighted by Crippen LogP contribution is 2.74. The number of rotatable bonds is 2. The van der Waals surface area contributed by atoms with Crippen LogP contribution in [0, 0.1) is 62.1 Å². The molecule has 3 fully saturated rings. The lowest BCUT2D eigenvalue weighted by atomic mass is 9.34. The smallest absolute Gasteiger partial charge is 0.405 e. The number of halogens is 3. The number of amides is 1. The molecule has 0 saturated heterocycles. The van der Waals surface area contributed by atoms with E-state index >= 15 is 0 Å². The van der Waals surface area contributed by atoms with E-state index < -0.39 is 40.8 Å². The number of carbonyl (C=O) groups is 2. The third-order valence-electron chi connectivity index (χ3n) is 12.7. The minimum absolute atomic E-state index is 0.0304. The number of allylic oxidation sites excluding steroid dienone is 4. The molecule has 8 atom stereocenters. The Morgan fingerprint density at radius 1 is 1.10 bits per heavy atom. The summed E-state index contributed by atoms with van der Waals surface area (Å²) in [6.45, 7) is 11.4. The molecule has 1 unspecified atom stereocenters. The van der Waals surface area contributed by atoms with E-state index in [2.05, 4.69) is 46.0 Å². The molecule has 220 valence electrons. The third-order valence-corrected chi connectivity index (χ3v) is 12.7. The molecular weight excluding hydrogens is 517 g/mol. The molecule has 5 rings (SSSR count). The fraction of sp³-hybridized carbons (Fsp3) is 0.781. The van der Waals surface area contributed by atoms with Crippen LogP contribution in [0.2, 0.25) is 0 Å². The number of ketones is 1. The van der Waals surface area contributed by atoms with Gasteiger partial charge in [0.2, 0.25) is 5.91 Å². The third kappa shape index (κ3) is 3.92. The summed E-state index contributed by atoms with van der Waals surface area (Å²) in [7, 11) is 0. The van der Waals surface area contributed by atoms with E-state index in [1.54, 1.807) is 6.08 Å². The minimum atomic E-state index is -4.50. The van der Waals surface area contributed by atoms with Crippen molar-refractivity contribution in [3.05, 3.63) is 23.0 Å². The Balaban J connectivity index is 1.61. The van der Waals surface area contributed by atoms with Gasteiger partial charge in [0, 0.05) is 11.8 Å². The second kappa shape index (κ2) is 8.85. The first kappa shape index (κ1) is 29.2. The topological polar surface area (TPSA) is 90.2 Å². The average molecular weight is 561 g/mol. The summed E-state index contributed by atoms with van der Waals surface area (Å²) in [5.41, 5.74) is -1.00. The number of hydrogen-bond donors (Lipinski definition) is 2. The minimum Gasteiger partial charge on any atom is -0.511 e. The highest BCUT2D eigenvalue weighted by molar-refractivity contribution is 5.96. The zero-order valence-electron chi connectivity index (χ0n) is 24.6. The second-order valence-electron chi connectivity index (χ2n) is 15.1. The summed E-state index contributed by atoms with van der Waals surface area (Å²) in [4.78, 5) is 28.0. The highest BCUT2D eigenvalue weighted by Gasteiger charge is 2.70. The van der Waals surface area contributed by atoms with Crippen molar-refractivity contribution in [3.8, 4) is 6.07 Å². The van der Waals surface area contributed by atoms with Crippen molar-refractivity contribution in [2.45, 2.75) is 99.1 Å². The van der Waals surface area contributed by atoms with Crippen LogP contribution in [0.1, 0.15) is 92.9 Å². The molecule has 5 aliphatic carbocycles. The number of alkyl halides is 3. The molecule has 0 bridgehead atoms. The van der Waals surface area contributed by atoms with Crippen molar-refractivity contribution >= 4 is 11.7 Å². The Morgan fingerprint density at radius 2 is 1.75 bits per heavy atom. The standard InChI is InChI=1S/C32H43F3N2O3/c1-18-20-7-8-29(5)23(28(20,4)14-19(16-36)25(18)39)13-22(38)24-21-15-27(2,3)9-11-31(21,12-10-30(24,29)6)26(40)37-17-32(33,34)35/h13,18,20-21,24,39H,7-12,14-15,17H2,1-6H3,(H,37,40)/t18-,20-,21?,24+,28-,29+,30+,31-/m0/s1. The van der Waals surface area contributed by atoms with E-state index in [9.17, 15) is 33.1 Å². The van der Waals surface area contributed by atoms with Crippen LogP contribution >= 0.6 is 0 Å². The molecule has 3 saturated carbocycles. The van der Waals surface area contributed by atoms with Crippen LogP contribution in [0.3, 0.4) is 0 Å². The van der Waals surface area contributed by atoms with E-state index in [1.807, 2.05) is 6.92 Å². The van der Waals surface area contributed by atoms with Crippen molar-refractivity contribution in [2.24, 2.45) is 50.7 Å². The van der Waals surface area contributed by atoms with Crippen LogP contribution in [-0.2, 0) is 9.59 Å². The maximum atomic E-state index is 14.4. The Bertz CT molecular complexity index is 1240. The second-order valence-corrected chi connectivity index (χ2v) is 15.1. The van der Waals surface area contributed by atoms with E-state index in [-0.39, 0.29) is 40.1 Å². The molecule has 0 aliphatic heterocycles. The Morgan fingerprint density at radius 3 is 2.38 bits per heavy atom. The van der Waals surface area contributed by atoms with Crippen molar-refractivity contribution in [2.75, 3.05) is 6.54 Å². The van der Waals surface area contributed by atoms with Crippen LogP contribution in [0.4, 0.5) is 13.2 Å². The van der Waals surface area contributed by atoms with E-state index in [0.29, 0.717) is 37.7 Å². The molecule has 0 aromatic heterocycles. The first-order chi connectivity index (χ1) is 18.4. The molecule has 5 nitrogen and oxygen atoms in total. The van der Waals surface area contributed by atoms with Gasteiger partial charge >= 0.3 is 6.18 Å². The highest BCUT2D eigenvalue weighted by atomic mass is 19.4. The molecule has 2 N–H and O–H groups in total. The number of fused-ring (bicyclic) bond motifs is 7. The summed E-state index contributed by atoms with van der Waals surface area (Å²) in [5, 5.41) is 22.8. The SMILES string of the molecule is C[C@@H]1C(O)=C(C#N)C[C@]2(C)C3=CC(=O)[C@H]4C5CC(C)(C)CC[C@]5(C(=O)NCC(F)(F)F)CC[C@@]4(C)[C@]3(C)CC[C@@H]12. The van der Waals surface area contributed by atoms with Crippen LogP contribution < -0.4 is 5.32 Å². The molecular formula is C32H43F3N2O3. The number of nitrogens with zero attached hydrogens (tertiary/aromatic N) is 1. The van der Waals surface area contributed by atoms with Crippen molar-refractivity contribution < 1.29 is 27.9 Å². The van der Waals surface area contributed by atoms with E-state index in [1.165, 1.54) is 0 Å². The van der Waals surface area contributed by atoms with Gasteiger partial charge in [-0.2, -0.15) is 18.4 Å². The molecule has 0 heterocycles. The Kier molecular flexibility index (Phi) is 6.46. The lowest BCUT2D eigenvalue weighted by Gasteiger charge is -2.68. The van der Waals surface area contributed by atoms with Crippen LogP contribution in [-0.4, -0.2) is 29.5 Å². The van der Waals surface area contributed by atoms with Gasteiger partial charge in [-0.1, -0.05) is 47.1 Å². The molecule has 0 spiro atoms. The number of aliphatic hydroxyl groups is 1. The number of carbonyl (C=O) groups excluding carboxylic acids is 2. The van der Waals surface area contributed by atoms with Crippen LogP contribution in [0.15, 0.2) is 23.0 Å². The molecule has 0 aromatic rings. The van der Waals surface area contributed by atoms with Crippen LogP contribution in [0.5, 0.6) is 0 Å². The summed E-state index contributed by atoms with van der Waals surface area (Å²) in [5.74, 6) is -1.33. The average Bonchev–Trinajstić information content (AvgIpc) is 2.85. The fourth-order valence-corrected chi connectivity index (χ4v) is 10.3. The predicted molar refractivity (Wildman–Crippen MR) is 145 cm³/mol. The summed E-state index contributed by atoms with van der Waals surface area (Å²) >= 11 is 0. The quantitative estimate of drug-likeness (QED) is 0.374. The molecule has 1 amide bonds. The normalized spacial score (nSPS) is 44.3. The largest absolute Gasteiger partial charge is 0.511 e. The maximum Gasteiger partial charge on any atom is 0.405 e. The molecule has 0 aromatic carbocycles. The van der Waals surface area contributed by atoms with Crippen molar-refractivity contribution in [1.29, 1.82) is 5.26 Å². The van der Waals surface area contributed by atoms with Gasteiger partial charge in [-0.05, 0) is 90.9 Å². The van der Waals surface area contributed by atoms with Crippen molar-refractivity contribution in [3.63, 3.8) is 0 Å². The predicted octanol–water partition coefficient (Wildman–Crippen LogP) is 7.20. The van der Waals surface area contributed by atoms with Crippen LogP contribution in [0.25, 0.3) is 0 Å². The number of nitrogens with one attached hydrogen (secondary N) is 1. The monoisotopic (exact) mass is 560 g/mol. The van der Waals surface area contributed by atoms with Gasteiger partial charge in [0.05, 0.1) is 17.1 Å². The van der Waals surface area contributed by atoms with Gasteiger partial charge in [-0.25, -0.2) is 0 Å². The van der Waals surface area contributed by atoms with Gasteiger partial charge in [0.25, 0.3) is 0 Å². The van der Waals surface area contributed by atoms with Crippen molar-refractivity contribution in [1.82, 2.24) is 5.32 Å². The van der Waals surface area contributed by atoms with Gasteiger partial charge < -0.3 is 10.4 Å². The number of hydrogen-bond acceptors (Lipinski definition) is 4. The van der Waals surface area contributed by atoms with Gasteiger partial charge in [-0.15, -0.1) is 0 Å². The zero-order valence-corrected chi connectivity index (χ0v) is 24.6. The van der Waals surface area contributed by atoms with Gasteiger partial charge in [0.15, 0.2) is 5.78 Å². The van der Waals surface area contributed by atoms with E-state index in [0.717, 1.165) is 24.8 Å². The molecule has 0 radical (unpaired) electrons. The number of aliphatic hydroxyl groups excluding tert-OH is 1. The molecule has 40 heavy (non-hydrogen) atoms. The number of nitriles is 1. The first-order valence-electron chi connectivity index (χ1n) is 14.8. The maximum absolute atomic E-state index is 14.4. The zero-order chi connectivity index (χ0) is 29.7.